The summed E-state index contributed by atoms with van der Waals surface area (Å²) in [5, 5.41) is 0.655. The first-order valence-corrected chi connectivity index (χ1v) is 12.3. The van der Waals surface area contributed by atoms with E-state index in [9.17, 15) is 18.0 Å². The van der Waals surface area contributed by atoms with Crippen LogP contribution in [-0.2, 0) is 27.8 Å². The molecular weight excluding hydrogens is 486 g/mol. The quantitative estimate of drug-likeness (QED) is 0.378. The molecular formula is C25H21N3O7S. The lowest BCUT2D eigenvalue weighted by molar-refractivity contribution is 0.0596. The number of methoxy groups -OCH3 is 1. The van der Waals surface area contributed by atoms with Gasteiger partial charge in [0.25, 0.3) is 5.56 Å². The van der Waals surface area contributed by atoms with Crippen LogP contribution in [-0.4, -0.2) is 42.6 Å². The van der Waals surface area contributed by atoms with Crippen molar-refractivity contribution in [3.05, 3.63) is 94.0 Å². The van der Waals surface area contributed by atoms with Gasteiger partial charge >= 0.3 is 5.97 Å². The SMILES string of the molecule is COC(=O)c1ccccc1S(=O)(=O)N(Cc1cccnc1)Cc1cc2cc3c(cc2[nH]c1=O)OCO3. The fourth-order valence-electron chi connectivity index (χ4n) is 3.98. The largest absolute Gasteiger partial charge is 0.465 e. The molecule has 0 saturated heterocycles. The number of carbonyl (C=O) groups is 1. The second kappa shape index (κ2) is 9.44. The van der Waals surface area contributed by atoms with Gasteiger partial charge in [-0.15, -0.1) is 0 Å². The van der Waals surface area contributed by atoms with Gasteiger partial charge in [0.1, 0.15) is 0 Å². The molecule has 2 aromatic carbocycles. The number of benzene rings is 2. The molecule has 1 aliphatic heterocycles. The van der Waals surface area contributed by atoms with Crippen LogP contribution >= 0.6 is 0 Å². The molecule has 0 fully saturated rings. The molecule has 184 valence electrons. The van der Waals surface area contributed by atoms with Crippen LogP contribution in [0.2, 0.25) is 0 Å². The second-order valence-corrected chi connectivity index (χ2v) is 9.94. The van der Waals surface area contributed by atoms with E-state index in [0.29, 0.717) is 28.0 Å². The Morgan fingerprint density at radius 3 is 2.61 bits per heavy atom. The predicted molar refractivity (Wildman–Crippen MR) is 129 cm³/mol. The first-order chi connectivity index (χ1) is 17.4. The molecule has 0 spiro atoms. The van der Waals surface area contributed by atoms with Crippen LogP contribution in [0.3, 0.4) is 0 Å². The third-order valence-electron chi connectivity index (χ3n) is 5.75. The molecule has 36 heavy (non-hydrogen) atoms. The number of nitrogens with zero attached hydrogens (tertiary/aromatic N) is 2. The van der Waals surface area contributed by atoms with Crippen LogP contribution in [0.25, 0.3) is 10.9 Å². The number of rotatable bonds is 7. The molecule has 0 amide bonds. The summed E-state index contributed by atoms with van der Waals surface area (Å²) < 4.78 is 44.4. The van der Waals surface area contributed by atoms with Crippen LogP contribution in [0, 0.1) is 0 Å². The number of carbonyl (C=O) groups excluding carboxylic acids is 1. The van der Waals surface area contributed by atoms with E-state index in [0.717, 1.165) is 4.31 Å². The van der Waals surface area contributed by atoms with Gasteiger partial charge in [-0.1, -0.05) is 18.2 Å². The van der Waals surface area contributed by atoms with Crippen LogP contribution in [0.4, 0.5) is 0 Å². The number of nitrogens with one attached hydrogen (secondary N) is 1. The first-order valence-electron chi connectivity index (χ1n) is 10.9. The van der Waals surface area contributed by atoms with Crippen molar-refractivity contribution in [3.8, 4) is 11.5 Å². The maximum absolute atomic E-state index is 13.9. The van der Waals surface area contributed by atoms with Crippen LogP contribution in [0.15, 0.2) is 76.7 Å². The summed E-state index contributed by atoms with van der Waals surface area (Å²) in [7, 11) is -3.08. The molecule has 4 aromatic rings. The normalized spacial score (nSPS) is 12.7. The third-order valence-corrected chi connectivity index (χ3v) is 7.60. The van der Waals surface area contributed by atoms with Crippen molar-refractivity contribution in [2.75, 3.05) is 13.9 Å². The van der Waals surface area contributed by atoms with Gasteiger partial charge in [-0.3, -0.25) is 9.78 Å². The lowest BCUT2D eigenvalue weighted by Crippen LogP contribution is -2.33. The van der Waals surface area contributed by atoms with Gasteiger partial charge in [0.2, 0.25) is 16.8 Å². The number of esters is 1. The van der Waals surface area contributed by atoms with Crippen molar-refractivity contribution < 1.29 is 27.4 Å². The molecule has 10 nitrogen and oxygen atoms in total. The van der Waals surface area contributed by atoms with E-state index < -0.39 is 21.6 Å². The van der Waals surface area contributed by atoms with Crippen molar-refractivity contribution in [2.45, 2.75) is 18.0 Å². The number of sulfonamides is 1. The van der Waals surface area contributed by atoms with Gasteiger partial charge < -0.3 is 19.2 Å². The first kappa shape index (κ1) is 23.5. The standard InChI is InChI=1S/C25H21N3O7S/c1-33-25(30)19-6-2-3-7-23(19)36(31,32)28(13-16-5-4-8-26-12-16)14-18-9-17-10-21-22(35-15-34-21)11-20(17)27-24(18)29/h2-12H,13-15H2,1H3,(H,27,29). The molecule has 0 bridgehead atoms. The number of hydrogen-bond acceptors (Lipinski definition) is 8. The number of ether oxygens (including phenoxy) is 3. The Labute approximate surface area is 206 Å². The Balaban J connectivity index is 1.60. The zero-order valence-corrected chi connectivity index (χ0v) is 19.9. The zero-order valence-electron chi connectivity index (χ0n) is 19.1. The summed E-state index contributed by atoms with van der Waals surface area (Å²) in [5.41, 5.74) is 0.803. The van der Waals surface area contributed by atoms with E-state index in [2.05, 4.69) is 9.97 Å². The summed E-state index contributed by atoms with van der Waals surface area (Å²) in [6.07, 6.45) is 3.12. The van der Waals surface area contributed by atoms with E-state index in [1.54, 1.807) is 48.8 Å². The Morgan fingerprint density at radius 2 is 1.86 bits per heavy atom. The summed E-state index contributed by atoms with van der Waals surface area (Å²) in [6.45, 7) is -0.254. The average Bonchev–Trinajstić information content (AvgIpc) is 3.34. The predicted octanol–water partition coefficient (Wildman–Crippen LogP) is 2.83. The number of aromatic nitrogens is 2. The van der Waals surface area contributed by atoms with Gasteiger partial charge in [0, 0.05) is 42.5 Å². The Kier molecular flexibility index (Phi) is 6.17. The lowest BCUT2D eigenvalue weighted by Gasteiger charge is -2.23. The minimum Gasteiger partial charge on any atom is -0.465 e. The highest BCUT2D eigenvalue weighted by Gasteiger charge is 2.30. The van der Waals surface area contributed by atoms with Crippen LogP contribution in [0.5, 0.6) is 11.5 Å². The maximum Gasteiger partial charge on any atom is 0.339 e. The van der Waals surface area contributed by atoms with E-state index in [4.69, 9.17) is 14.2 Å². The molecule has 0 atom stereocenters. The van der Waals surface area contributed by atoms with Crippen LogP contribution < -0.4 is 15.0 Å². The highest BCUT2D eigenvalue weighted by Crippen LogP contribution is 2.35. The molecule has 1 aliphatic rings. The molecule has 3 heterocycles. The smallest absolute Gasteiger partial charge is 0.339 e. The highest BCUT2D eigenvalue weighted by atomic mass is 32.2. The summed E-state index contributed by atoms with van der Waals surface area (Å²) >= 11 is 0. The van der Waals surface area contributed by atoms with Gasteiger partial charge in [0.05, 0.1) is 23.1 Å². The topological polar surface area (TPSA) is 128 Å². The van der Waals surface area contributed by atoms with E-state index in [1.165, 1.54) is 25.3 Å². The number of hydrogen-bond donors (Lipinski definition) is 1. The van der Waals surface area contributed by atoms with Crippen LogP contribution in [0.1, 0.15) is 21.5 Å². The molecule has 2 aromatic heterocycles. The Hall–Kier alpha value is -4.22. The number of H-pyrrole nitrogens is 1. The molecule has 0 unspecified atom stereocenters. The Bertz CT molecular complexity index is 1620. The monoisotopic (exact) mass is 507 g/mol. The van der Waals surface area contributed by atoms with Crippen molar-refractivity contribution >= 4 is 26.9 Å². The summed E-state index contributed by atoms with van der Waals surface area (Å²) in [6, 6.07) is 14.2. The molecule has 11 heteroatoms. The number of pyridine rings is 2. The molecule has 5 rings (SSSR count). The maximum atomic E-state index is 13.9. The van der Waals surface area contributed by atoms with E-state index in [-0.39, 0.29) is 35.9 Å². The number of aromatic amines is 1. The molecule has 0 radical (unpaired) electrons. The van der Waals surface area contributed by atoms with Crippen molar-refractivity contribution in [2.24, 2.45) is 0 Å². The zero-order chi connectivity index (χ0) is 25.3. The fourth-order valence-corrected chi connectivity index (χ4v) is 5.57. The Morgan fingerprint density at radius 1 is 1.08 bits per heavy atom. The van der Waals surface area contributed by atoms with Crippen molar-refractivity contribution in [1.82, 2.24) is 14.3 Å². The van der Waals surface area contributed by atoms with Gasteiger partial charge in [0.15, 0.2) is 11.5 Å². The minimum atomic E-state index is -4.26. The van der Waals surface area contributed by atoms with E-state index >= 15 is 0 Å². The molecule has 0 saturated carbocycles. The minimum absolute atomic E-state index is 0.0791. The van der Waals surface area contributed by atoms with Gasteiger partial charge in [-0.2, -0.15) is 4.31 Å². The highest BCUT2D eigenvalue weighted by molar-refractivity contribution is 7.89. The summed E-state index contributed by atoms with van der Waals surface area (Å²) in [5.74, 6) is 0.272. The van der Waals surface area contributed by atoms with Crippen molar-refractivity contribution in [1.29, 1.82) is 0 Å². The second-order valence-electron chi connectivity index (χ2n) is 8.04. The lowest BCUT2D eigenvalue weighted by atomic mass is 10.1. The summed E-state index contributed by atoms with van der Waals surface area (Å²) in [4.78, 5) is 31.9. The molecule has 1 N–H and O–H groups in total. The fraction of sp³-hybridized carbons (Fsp3) is 0.160. The van der Waals surface area contributed by atoms with Crippen molar-refractivity contribution in [3.63, 3.8) is 0 Å². The van der Waals surface area contributed by atoms with Gasteiger partial charge in [-0.05, 0) is 35.9 Å². The number of fused-ring (bicyclic) bond motifs is 2. The third kappa shape index (κ3) is 4.41. The molecule has 0 aliphatic carbocycles. The average molecular weight is 508 g/mol. The van der Waals surface area contributed by atoms with E-state index in [1.807, 2.05) is 0 Å². The van der Waals surface area contributed by atoms with Gasteiger partial charge in [-0.25, -0.2) is 13.2 Å².